The third-order valence-electron chi connectivity index (χ3n) is 3.80. The standard InChI is InChI=1S/C18H16ClNO4/c1-3-24-15-7-4-11(8-16(15)23-2)10-20-14-6-5-12(19)9-13(14)17(21)18(20)22/h4-9H,3,10H2,1-2H3. The lowest BCUT2D eigenvalue weighted by Crippen LogP contribution is -2.29. The van der Waals surface area contributed by atoms with Gasteiger partial charge in [0.1, 0.15) is 0 Å². The molecule has 1 aliphatic heterocycles. The third-order valence-corrected chi connectivity index (χ3v) is 4.04. The lowest BCUT2D eigenvalue weighted by molar-refractivity contribution is -0.114. The Morgan fingerprint density at radius 1 is 1.08 bits per heavy atom. The number of nitrogens with zero attached hydrogens (tertiary/aromatic N) is 1. The summed E-state index contributed by atoms with van der Waals surface area (Å²) < 4.78 is 10.8. The predicted molar refractivity (Wildman–Crippen MR) is 91.1 cm³/mol. The zero-order valence-electron chi connectivity index (χ0n) is 13.3. The van der Waals surface area contributed by atoms with E-state index < -0.39 is 11.7 Å². The van der Waals surface area contributed by atoms with Gasteiger partial charge in [-0.15, -0.1) is 0 Å². The van der Waals surface area contributed by atoms with E-state index >= 15 is 0 Å². The van der Waals surface area contributed by atoms with Crippen LogP contribution in [-0.4, -0.2) is 25.4 Å². The highest BCUT2D eigenvalue weighted by Crippen LogP contribution is 2.34. The van der Waals surface area contributed by atoms with Crippen LogP contribution in [0.1, 0.15) is 22.8 Å². The van der Waals surface area contributed by atoms with E-state index in [2.05, 4.69) is 0 Å². The number of ketones is 1. The maximum atomic E-state index is 12.3. The molecule has 0 spiro atoms. The van der Waals surface area contributed by atoms with Gasteiger partial charge in [-0.3, -0.25) is 9.59 Å². The Morgan fingerprint density at radius 3 is 2.58 bits per heavy atom. The van der Waals surface area contributed by atoms with Gasteiger partial charge < -0.3 is 14.4 Å². The SMILES string of the molecule is CCOc1ccc(CN2C(=O)C(=O)c3cc(Cl)ccc32)cc1OC. The normalized spacial score (nSPS) is 13.2. The number of Topliss-reactive ketones (excluding diaryl/α,β-unsaturated/α-hetero) is 1. The zero-order valence-corrected chi connectivity index (χ0v) is 14.1. The monoisotopic (exact) mass is 345 g/mol. The van der Waals surface area contributed by atoms with E-state index in [-0.39, 0.29) is 6.54 Å². The number of anilines is 1. The molecule has 5 nitrogen and oxygen atoms in total. The molecule has 0 aliphatic carbocycles. The number of amides is 1. The van der Waals surface area contributed by atoms with E-state index in [1.807, 2.05) is 13.0 Å². The van der Waals surface area contributed by atoms with E-state index in [1.54, 1.807) is 31.4 Å². The Bertz CT molecular complexity index is 819. The summed E-state index contributed by atoms with van der Waals surface area (Å²) in [7, 11) is 1.56. The summed E-state index contributed by atoms with van der Waals surface area (Å²) in [6.07, 6.45) is 0. The van der Waals surface area contributed by atoms with Gasteiger partial charge in [0.15, 0.2) is 11.5 Å². The fraction of sp³-hybridized carbons (Fsp3) is 0.222. The first-order valence-electron chi connectivity index (χ1n) is 7.50. The summed E-state index contributed by atoms with van der Waals surface area (Å²) in [4.78, 5) is 25.8. The van der Waals surface area contributed by atoms with Crippen LogP contribution in [0, 0.1) is 0 Å². The summed E-state index contributed by atoms with van der Waals surface area (Å²) in [5.41, 5.74) is 1.74. The number of carbonyl (C=O) groups excluding carboxylic acids is 2. The Balaban J connectivity index is 1.92. The highest BCUT2D eigenvalue weighted by atomic mass is 35.5. The second kappa shape index (κ2) is 6.53. The Labute approximate surface area is 144 Å². The summed E-state index contributed by atoms with van der Waals surface area (Å²) >= 11 is 5.92. The molecule has 0 atom stereocenters. The van der Waals surface area contributed by atoms with Crippen molar-refractivity contribution in [3.8, 4) is 11.5 Å². The molecular formula is C18H16ClNO4. The number of ether oxygens (including phenoxy) is 2. The molecule has 124 valence electrons. The zero-order chi connectivity index (χ0) is 17.3. The van der Waals surface area contributed by atoms with Gasteiger partial charge in [0.2, 0.25) is 0 Å². The molecule has 24 heavy (non-hydrogen) atoms. The molecule has 0 radical (unpaired) electrons. The largest absolute Gasteiger partial charge is 0.493 e. The summed E-state index contributed by atoms with van der Waals surface area (Å²) in [5, 5.41) is 0.430. The number of benzene rings is 2. The fourth-order valence-corrected chi connectivity index (χ4v) is 2.87. The molecule has 3 rings (SSSR count). The minimum absolute atomic E-state index is 0.266. The van der Waals surface area contributed by atoms with Crippen molar-refractivity contribution in [3.05, 3.63) is 52.5 Å². The van der Waals surface area contributed by atoms with Crippen molar-refractivity contribution in [1.29, 1.82) is 0 Å². The summed E-state index contributed by atoms with van der Waals surface area (Å²) in [6, 6.07) is 10.3. The van der Waals surface area contributed by atoms with Gasteiger partial charge in [-0.25, -0.2) is 0 Å². The molecule has 0 bridgehead atoms. The van der Waals surface area contributed by atoms with Crippen molar-refractivity contribution in [1.82, 2.24) is 0 Å². The maximum absolute atomic E-state index is 12.3. The van der Waals surface area contributed by atoms with Crippen LogP contribution in [0.5, 0.6) is 11.5 Å². The Morgan fingerprint density at radius 2 is 1.88 bits per heavy atom. The number of fused-ring (bicyclic) bond motifs is 1. The summed E-state index contributed by atoms with van der Waals surface area (Å²) in [6.45, 7) is 2.69. The van der Waals surface area contributed by atoms with Gasteiger partial charge in [0.25, 0.3) is 11.7 Å². The molecule has 6 heteroatoms. The third kappa shape index (κ3) is 2.83. The van der Waals surface area contributed by atoms with Crippen molar-refractivity contribution in [2.45, 2.75) is 13.5 Å². The molecule has 0 N–H and O–H groups in total. The number of hydrogen-bond donors (Lipinski definition) is 0. The van der Waals surface area contributed by atoms with Crippen molar-refractivity contribution in [2.24, 2.45) is 0 Å². The van der Waals surface area contributed by atoms with Crippen molar-refractivity contribution < 1.29 is 19.1 Å². The second-order valence-electron chi connectivity index (χ2n) is 5.30. The summed E-state index contributed by atoms with van der Waals surface area (Å²) in [5.74, 6) is 0.133. The molecule has 1 heterocycles. The Kier molecular flexibility index (Phi) is 4.44. The number of hydrogen-bond acceptors (Lipinski definition) is 4. The van der Waals surface area contributed by atoms with E-state index in [0.29, 0.717) is 34.4 Å². The predicted octanol–water partition coefficient (Wildman–Crippen LogP) is 3.48. The quantitative estimate of drug-likeness (QED) is 0.778. The average molecular weight is 346 g/mol. The highest BCUT2D eigenvalue weighted by molar-refractivity contribution is 6.52. The van der Waals surface area contributed by atoms with Gasteiger partial charge in [0.05, 0.1) is 31.5 Å². The molecular weight excluding hydrogens is 330 g/mol. The minimum atomic E-state index is -0.555. The molecule has 1 aliphatic rings. The van der Waals surface area contributed by atoms with Crippen molar-refractivity contribution in [2.75, 3.05) is 18.6 Å². The van der Waals surface area contributed by atoms with Crippen LogP contribution in [0.4, 0.5) is 5.69 Å². The molecule has 1 amide bonds. The second-order valence-corrected chi connectivity index (χ2v) is 5.74. The first-order valence-corrected chi connectivity index (χ1v) is 7.88. The fourth-order valence-electron chi connectivity index (χ4n) is 2.70. The molecule has 0 saturated carbocycles. The van der Waals surface area contributed by atoms with Gasteiger partial charge in [-0.2, -0.15) is 0 Å². The number of carbonyl (C=O) groups is 2. The van der Waals surface area contributed by atoms with Crippen LogP contribution in [0.25, 0.3) is 0 Å². The van der Waals surface area contributed by atoms with Crippen LogP contribution >= 0.6 is 11.6 Å². The smallest absolute Gasteiger partial charge is 0.299 e. The van der Waals surface area contributed by atoms with Gasteiger partial charge in [-0.05, 0) is 42.8 Å². The maximum Gasteiger partial charge on any atom is 0.299 e. The van der Waals surface area contributed by atoms with Crippen LogP contribution < -0.4 is 14.4 Å². The Hall–Kier alpha value is -2.53. The first kappa shape index (κ1) is 16.3. The molecule has 0 saturated heterocycles. The molecule has 0 fully saturated rings. The van der Waals surface area contributed by atoms with E-state index in [9.17, 15) is 9.59 Å². The van der Waals surface area contributed by atoms with Gasteiger partial charge >= 0.3 is 0 Å². The lowest BCUT2D eigenvalue weighted by Gasteiger charge is -2.18. The van der Waals surface area contributed by atoms with E-state index in [4.69, 9.17) is 21.1 Å². The lowest BCUT2D eigenvalue weighted by atomic mass is 10.1. The molecule has 0 aromatic heterocycles. The number of rotatable bonds is 5. The van der Waals surface area contributed by atoms with Crippen LogP contribution in [0.2, 0.25) is 5.02 Å². The van der Waals surface area contributed by atoms with Crippen LogP contribution in [0.15, 0.2) is 36.4 Å². The van der Waals surface area contributed by atoms with Crippen molar-refractivity contribution in [3.63, 3.8) is 0 Å². The van der Waals surface area contributed by atoms with Crippen LogP contribution in [0.3, 0.4) is 0 Å². The topological polar surface area (TPSA) is 55.8 Å². The minimum Gasteiger partial charge on any atom is -0.493 e. The average Bonchev–Trinajstić information content (AvgIpc) is 2.81. The van der Waals surface area contributed by atoms with E-state index in [1.165, 1.54) is 11.0 Å². The molecule has 2 aromatic carbocycles. The number of halogens is 1. The first-order chi connectivity index (χ1) is 11.5. The van der Waals surface area contributed by atoms with Gasteiger partial charge in [-0.1, -0.05) is 17.7 Å². The molecule has 0 unspecified atom stereocenters. The van der Waals surface area contributed by atoms with Gasteiger partial charge in [0, 0.05) is 5.02 Å². The van der Waals surface area contributed by atoms with Crippen molar-refractivity contribution >= 4 is 29.0 Å². The highest BCUT2D eigenvalue weighted by Gasteiger charge is 2.35. The van der Waals surface area contributed by atoms with E-state index in [0.717, 1.165) is 5.56 Å². The van der Waals surface area contributed by atoms with Crippen LogP contribution in [-0.2, 0) is 11.3 Å². The molecule has 2 aromatic rings. The number of methoxy groups -OCH3 is 1.